The number of nitrogens with one attached hydrogen (secondary N) is 3. The second kappa shape index (κ2) is 23.2. The number of alkyl halides is 1. The number of esters is 2. The van der Waals surface area contributed by atoms with E-state index in [0.29, 0.717) is 56.7 Å². The number of furan rings is 2. The van der Waals surface area contributed by atoms with Gasteiger partial charge in [0.25, 0.3) is 23.6 Å². The fourth-order valence-electron chi connectivity index (χ4n) is 9.39. The number of imide groups is 2. The maximum absolute atomic E-state index is 13.9. The zero-order valence-electron chi connectivity index (χ0n) is 42.4. The number of carbonyl (C=O) groups excluding carboxylic acids is 8. The van der Waals surface area contributed by atoms with Gasteiger partial charge in [0.2, 0.25) is 0 Å². The van der Waals surface area contributed by atoms with E-state index in [-0.39, 0.29) is 79.1 Å². The third-order valence-corrected chi connectivity index (χ3v) is 13.5. The second-order valence-electron chi connectivity index (χ2n) is 18.1. The predicted molar refractivity (Wildman–Crippen MR) is 278 cm³/mol. The molecule has 405 valence electrons. The van der Waals surface area contributed by atoms with E-state index in [4.69, 9.17) is 34.6 Å². The molecule has 1 radical (unpaired) electrons. The number of amides is 8. The summed E-state index contributed by atoms with van der Waals surface area (Å²) in [7, 11) is 3.04. The number of hydrogen-bond donors (Lipinski definition) is 3. The monoisotopic (exact) mass is 1140 g/mol. The molecular formula is C56H45ClN8O14V. The Kier molecular flexibility index (Phi) is 16.0. The van der Waals surface area contributed by atoms with Gasteiger partial charge in [-0.3, -0.25) is 34.5 Å². The number of rotatable bonds is 13. The smallest absolute Gasteiger partial charge is 0.339 e. The van der Waals surface area contributed by atoms with E-state index in [1.54, 1.807) is 134 Å². The fraction of sp³-hybridized carbons (Fsp3) is 0.179. The first-order valence-corrected chi connectivity index (χ1v) is 24.7. The summed E-state index contributed by atoms with van der Waals surface area (Å²) in [6.07, 6.45) is 6.29. The summed E-state index contributed by atoms with van der Waals surface area (Å²) in [4.78, 5) is 114. The first-order valence-electron chi connectivity index (χ1n) is 24.1. The van der Waals surface area contributed by atoms with E-state index in [0.717, 1.165) is 16.0 Å². The number of carbonyl (C=O) groups is 8. The van der Waals surface area contributed by atoms with Crippen LogP contribution in [0, 0.1) is 0 Å². The van der Waals surface area contributed by atoms with Crippen molar-refractivity contribution in [3.8, 4) is 11.5 Å². The summed E-state index contributed by atoms with van der Waals surface area (Å²) in [5, 5.41) is 8.94. The van der Waals surface area contributed by atoms with E-state index in [1.165, 1.54) is 24.0 Å². The van der Waals surface area contributed by atoms with Gasteiger partial charge in [-0.2, -0.15) is 0 Å². The van der Waals surface area contributed by atoms with Gasteiger partial charge in [0.15, 0.2) is 23.9 Å². The average molecular weight is 1140 g/mol. The van der Waals surface area contributed by atoms with Crippen LogP contribution < -0.4 is 25.4 Å². The Morgan fingerprint density at radius 1 is 0.625 bits per heavy atom. The summed E-state index contributed by atoms with van der Waals surface area (Å²) < 4.78 is 32.2. The first kappa shape index (κ1) is 55.3. The molecule has 0 spiro atoms. The van der Waals surface area contributed by atoms with Gasteiger partial charge < -0.3 is 48.2 Å². The number of hydrogen-bond acceptors (Lipinski definition) is 16. The average Bonchev–Trinajstić information content (AvgIpc) is 4.41. The minimum absolute atomic E-state index is 0. The number of benzene rings is 4. The van der Waals surface area contributed by atoms with Crippen molar-refractivity contribution in [1.82, 2.24) is 40.6 Å². The molecule has 4 aromatic heterocycles. The summed E-state index contributed by atoms with van der Waals surface area (Å²) in [5.41, 5.74) is 1.03. The van der Waals surface area contributed by atoms with Gasteiger partial charge in [-0.05, 0) is 83.9 Å². The number of nitrogens with zero attached hydrogens (tertiary/aromatic N) is 5. The fourth-order valence-corrected chi connectivity index (χ4v) is 9.49. The third-order valence-electron chi connectivity index (χ3n) is 13.4. The number of ether oxygens (including phenoxy) is 4. The Labute approximate surface area is 471 Å². The van der Waals surface area contributed by atoms with Crippen LogP contribution in [0.5, 0.6) is 11.5 Å². The Morgan fingerprint density at radius 3 is 1.57 bits per heavy atom. The van der Waals surface area contributed by atoms with Crippen LogP contribution in [0.3, 0.4) is 0 Å². The molecular weight excluding hydrogens is 1100 g/mol. The molecule has 0 aliphatic carbocycles. The minimum Gasteiger partial charge on any atom is -0.497 e. The van der Waals surface area contributed by atoms with E-state index < -0.39 is 47.7 Å². The molecule has 2 atom stereocenters. The predicted octanol–water partition coefficient (Wildman–Crippen LogP) is 6.62. The zero-order valence-corrected chi connectivity index (χ0v) is 44.5. The third kappa shape index (κ3) is 10.7. The molecule has 8 heterocycles. The van der Waals surface area contributed by atoms with Crippen LogP contribution in [0.25, 0.3) is 21.9 Å². The number of fused-ring (bicyclic) bond motifs is 4. The molecule has 4 aromatic carbocycles. The Balaban J connectivity index is 0.000000165. The molecule has 4 aliphatic heterocycles. The topological polar surface area (TPSA) is 271 Å². The molecule has 0 bridgehead atoms. The molecule has 0 unspecified atom stereocenters. The van der Waals surface area contributed by atoms with Crippen molar-refractivity contribution in [1.29, 1.82) is 0 Å². The van der Waals surface area contributed by atoms with Gasteiger partial charge in [0, 0.05) is 78.3 Å². The van der Waals surface area contributed by atoms with Crippen molar-refractivity contribution in [3.63, 3.8) is 0 Å². The summed E-state index contributed by atoms with van der Waals surface area (Å²) in [6, 6.07) is 32.4. The number of halogens is 1. The molecule has 24 heteroatoms. The van der Waals surface area contributed by atoms with E-state index in [2.05, 4.69) is 30.7 Å². The standard InChI is InChI=1S/C28H22N4O7.C20H16N4O5.C8H7ClO2.V/c1-37-20-8-7-18-14-31(24(33)21(18)12-20)15-28(23-11-19-13-29-10-9-22(19)39-23)26(35)32(27(36)30-28)16-38-25(34)17-5-3-2-4-6-17;1-28-13-3-2-11-9-24(17(25)14(11)7-13)10-20(18(26)22-19(27)23-20)16-6-12-8-21-5-4-15(12)29-16;9-6-11-8(10)7-4-2-1-3-5-7;/h2-13H,14-16H2,1H3,(H,30,36);2-8H,9-10H2,1H3,(H2,22,23,26,27);1-5H,6H2;/t28-;20-;;/m00../s1. The van der Waals surface area contributed by atoms with Gasteiger partial charge in [-0.25, -0.2) is 24.1 Å². The normalized spacial score (nSPS) is 17.8. The van der Waals surface area contributed by atoms with Crippen LogP contribution in [0.15, 0.2) is 155 Å². The van der Waals surface area contributed by atoms with Crippen LogP contribution in [0.1, 0.15) is 64.1 Å². The van der Waals surface area contributed by atoms with Crippen molar-refractivity contribution < 1.29 is 84.7 Å². The molecule has 8 aromatic rings. The Bertz CT molecular complexity index is 3660. The quantitative estimate of drug-likeness (QED) is 0.0622. The van der Waals surface area contributed by atoms with Gasteiger partial charge in [0.05, 0.1) is 38.4 Å². The van der Waals surface area contributed by atoms with E-state index in [1.807, 2.05) is 12.1 Å². The number of pyridine rings is 2. The summed E-state index contributed by atoms with van der Waals surface area (Å²) in [6.45, 7) is -0.385. The summed E-state index contributed by atoms with van der Waals surface area (Å²) >= 11 is 5.20. The maximum atomic E-state index is 13.9. The van der Waals surface area contributed by atoms with Crippen molar-refractivity contribution in [3.05, 3.63) is 191 Å². The van der Waals surface area contributed by atoms with Crippen LogP contribution in [-0.4, -0.2) is 112 Å². The van der Waals surface area contributed by atoms with Crippen molar-refractivity contribution in [2.24, 2.45) is 0 Å². The minimum atomic E-state index is -1.77. The van der Waals surface area contributed by atoms with Crippen LogP contribution in [0.2, 0.25) is 0 Å². The molecule has 2 saturated heterocycles. The largest absolute Gasteiger partial charge is 0.497 e. The van der Waals surface area contributed by atoms with Gasteiger partial charge in [0.1, 0.15) is 34.2 Å². The summed E-state index contributed by atoms with van der Waals surface area (Å²) in [5.74, 6) is -1.47. The number of methoxy groups -OCH3 is 2. The molecule has 2 fully saturated rings. The molecule has 12 rings (SSSR count). The molecule has 0 saturated carbocycles. The van der Waals surface area contributed by atoms with Gasteiger partial charge in [-0.15, -0.1) is 0 Å². The van der Waals surface area contributed by atoms with E-state index >= 15 is 0 Å². The van der Waals surface area contributed by atoms with Crippen molar-refractivity contribution in [2.75, 3.05) is 40.1 Å². The Morgan fingerprint density at radius 2 is 1.11 bits per heavy atom. The SMILES string of the molecule is COc1ccc2c(c1)C(=O)N(C[C@@]1(c3cc4cnccc4o3)NC(=O)N(COC(=O)c3ccccc3)C1=O)C2.COc1ccc2c(c1)C(=O)N(C[C@@]1(c3cc4cnccc4o3)NC(=O)NC1=O)C2.O=C(OCCl)c1ccccc1.[V]. The van der Waals surface area contributed by atoms with Crippen LogP contribution in [0.4, 0.5) is 9.59 Å². The molecule has 4 aliphatic rings. The molecule has 22 nitrogen and oxygen atoms in total. The van der Waals surface area contributed by atoms with Gasteiger partial charge >= 0.3 is 24.0 Å². The molecule has 3 N–H and O–H groups in total. The van der Waals surface area contributed by atoms with Crippen molar-refractivity contribution >= 4 is 81.2 Å². The molecule has 80 heavy (non-hydrogen) atoms. The molecule has 8 amide bonds. The van der Waals surface area contributed by atoms with Gasteiger partial charge in [-0.1, -0.05) is 60.1 Å². The van der Waals surface area contributed by atoms with Crippen LogP contribution >= 0.6 is 11.6 Å². The number of aromatic nitrogens is 2. The maximum Gasteiger partial charge on any atom is 0.339 e. The zero-order chi connectivity index (χ0) is 55.4. The Hall–Kier alpha value is -9.51. The second-order valence-corrected chi connectivity index (χ2v) is 18.4. The first-order chi connectivity index (χ1) is 38.2. The number of urea groups is 2. The van der Waals surface area contributed by atoms with E-state index in [9.17, 15) is 38.4 Å². The van der Waals surface area contributed by atoms with Crippen LogP contribution in [-0.2, 0) is 61.8 Å². The van der Waals surface area contributed by atoms with Crippen molar-refractivity contribution in [2.45, 2.75) is 24.2 Å².